The van der Waals surface area contributed by atoms with Crippen LogP contribution in [-0.2, 0) is 14.3 Å². The fraction of sp³-hybridized carbons (Fsp3) is 0.462. The Morgan fingerprint density at radius 2 is 2.05 bits per heavy atom. The summed E-state index contributed by atoms with van der Waals surface area (Å²) in [5.41, 5.74) is 0.952. The van der Waals surface area contributed by atoms with E-state index in [1.807, 2.05) is 11.8 Å². The van der Waals surface area contributed by atoms with Gasteiger partial charge in [0.25, 0.3) is 0 Å². The van der Waals surface area contributed by atoms with Gasteiger partial charge in [0.1, 0.15) is 12.2 Å². The van der Waals surface area contributed by atoms with E-state index in [1.54, 1.807) is 12.1 Å². The number of esters is 2. The molecule has 104 valence electrons. The molecule has 0 spiro atoms. The molecule has 0 saturated heterocycles. The van der Waals surface area contributed by atoms with Crippen LogP contribution < -0.4 is 4.90 Å². The first-order valence-corrected chi connectivity index (χ1v) is 5.98. The predicted octanol–water partition coefficient (Wildman–Crippen LogP) is 1.26. The lowest BCUT2D eigenvalue weighted by Gasteiger charge is -2.23. The van der Waals surface area contributed by atoms with Gasteiger partial charge in [0.2, 0.25) is 0 Å². The van der Waals surface area contributed by atoms with E-state index in [9.17, 15) is 9.59 Å². The Labute approximate surface area is 112 Å². The van der Waals surface area contributed by atoms with E-state index in [0.29, 0.717) is 6.54 Å². The van der Waals surface area contributed by atoms with Crippen LogP contribution in [0.1, 0.15) is 23.8 Å². The van der Waals surface area contributed by atoms with Crippen molar-refractivity contribution in [3.8, 4) is 0 Å². The Morgan fingerprint density at radius 1 is 1.32 bits per heavy atom. The van der Waals surface area contributed by atoms with Crippen molar-refractivity contribution in [2.24, 2.45) is 0 Å². The van der Waals surface area contributed by atoms with Crippen molar-refractivity contribution in [2.45, 2.75) is 13.3 Å². The molecule has 1 aromatic rings. The highest BCUT2D eigenvalue weighted by Gasteiger charge is 2.14. The van der Waals surface area contributed by atoms with Crippen molar-refractivity contribution in [3.63, 3.8) is 0 Å². The van der Waals surface area contributed by atoms with Crippen molar-refractivity contribution in [3.05, 3.63) is 24.0 Å². The van der Waals surface area contributed by atoms with Gasteiger partial charge >= 0.3 is 11.9 Å². The molecule has 6 nitrogen and oxygen atoms in total. The molecule has 0 radical (unpaired) electrons. The molecule has 0 fully saturated rings. The maximum atomic E-state index is 11.4. The Hall–Kier alpha value is -2.11. The second-order valence-electron chi connectivity index (χ2n) is 3.89. The molecule has 0 atom stereocenters. The van der Waals surface area contributed by atoms with Gasteiger partial charge in [-0.2, -0.15) is 0 Å². The highest BCUT2D eigenvalue weighted by Crippen LogP contribution is 2.15. The number of carbonyl (C=O) groups excluding carboxylic acids is 2. The molecule has 6 heteroatoms. The summed E-state index contributed by atoms with van der Waals surface area (Å²) >= 11 is 0. The zero-order valence-electron chi connectivity index (χ0n) is 11.4. The molecule has 0 aromatic carbocycles. The van der Waals surface area contributed by atoms with E-state index in [0.717, 1.165) is 12.1 Å². The third kappa shape index (κ3) is 4.24. The Morgan fingerprint density at radius 3 is 2.63 bits per heavy atom. The van der Waals surface area contributed by atoms with E-state index in [2.05, 4.69) is 14.5 Å². The highest BCUT2D eigenvalue weighted by molar-refractivity contribution is 5.88. The summed E-state index contributed by atoms with van der Waals surface area (Å²) in [5, 5.41) is 0. The zero-order valence-corrected chi connectivity index (χ0v) is 11.4. The molecule has 0 unspecified atom stereocenters. The molecular formula is C13H18N2O4. The Kier molecular flexibility index (Phi) is 5.78. The fourth-order valence-electron chi connectivity index (χ4n) is 1.62. The van der Waals surface area contributed by atoms with E-state index in [-0.39, 0.29) is 18.2 Å². The first-order valence-electron chi connectivity index (χ1n) is 5.98. The van der Waals surface area contributed by atoms with Crippen LogP contribution in [0.5, 0.6) is 0 Å². The number of nitrogens with zero attached hydrogens (tertiary/aromatic N) is 2. The summed E-state index contributed by atoms with van der Waals surface area (Å²) < 4.78 is 9.28. The van der Waals surface area contributed by atoms with Crippen molar-refractivity contribution in [2.75, 3.05) is 32.2 Å². The molecule has 0 N–H and O–H groups in total. The molecular weight excluding hydrogens is 248 g/mol. The molecule has 0 bridgehead atoms. The summed E-state index contributed by atoms with van der Waals surface area (Å²) in [5.74, 6) is -0.832. The van der Waals surface area contributed by atoms with Crippen LogP contribution in [0.4, 0.5) is 5.69 Å². The maximum Gasteiger partial charge on any atom is 0.356 e. The van der Waals surface area contributed by atoms with E-state index in [4.69, 9.17) is 0 Å². The minimum Gasteiger partial charge on any atom is -0.468 e. The van der Waals surface area contributed by atoms with Crippen LogP contribution in [0.3, 0.4) is 0 Å². The fourth-order valence-corrected chi connectivity index (χ4v) is 1.62. The van der Waals surface area contributed by atoms with E-state index < -0.39 is 5.97 Å². The molecule has 0 aliphatic heterocycles. The lowest BCUT2D eigenvalue weighted by Crippen LogP contribution is -2.31. The van der Waals surface area contributed by atoms with Crippen molar-refractivity contribution in [1.82, 2.24) is 4.98 Å². The Bertz CT molecular complexity index is 448. The third-order valence-electron chi connectivity index (χ3n) is 2.54. The van der Waals surface area contributed by atoms with Gasteiger partial charge < -0.3 is 14.4 Å². The number of carbonyl (C=O) groups is 2. The SMILES string of the molecule is CCCN(CC(=O)OC)c1ccnc(C(=O)OC)c1. The molecule has 19 heavy (non-hydrogen) atoms. The van der Waals surface area contributed by atoms with Crippen molar-refractivity contribution in [1.29, 1.82) is 0 Å². The minimum atomic E-state index is -0.503. The summed E-state index contributed by atoms with van der Waals surface area (Å²) in [6.45, 7) is 2.82. The van der Waals surface area contributed by atoms with Gasteiger partial charge in [0, 0.05) is 18.4 Å². The number of methoxy groups -OCH3 is 2. The average molecular weight is 266 g/mol. The summed E-state index contributed by atoms with van der Waals surface area (Å²) in [6, 6.07) is 3.34. The average Bonchev–Trinajstić information content (AvgIpc) is 2.45. The topological polar surface area (TPSA) is 68.7 Å². The Balaban J connectivity index is 2.95. The minimum absolute atomic E-state index is 0.134. The van der Waals surface area contributed by atoms with Gasteiger partial charge in [-0.1, -0.05) is 6.92 Å². The largest absolute Gasteiger partial charge is 0.468 e. The molecule has 1 heterocycles. The lowest BCUT2D eigenvalue weighted by atomic mass is 10.2. The van der Waals surface area contributed by atoms with E-state index >= 15 is 0 Å². The number of rotatable bonds is 6. The first kappa shape index (κ1) is 14.9. The van der Waals surface area contributed by atoms with E-state index in [1.165, 1.54) is 20.4 Å². The molecule has 0 aliphatic carbocycles. The quantitative estimate of drug-likeness (QED) is 0.722. The number of hydrogen-bond acceptors (Lipinski definition) is 6. The van der Waals surface area contributed by atoms with Crippen LogP contribution in [0, 0.1) is 0 Å². The van der Waals surface area contributed by atoms with Crippen LogP contribution in [0.2, 0.25) is 0 Å². The molecule has 1 rings (SSSR count). The van der Waals surface area contributed by atoms with Crippen molar-refractivity contribution < 1.29 is 19.1 Å². The van der Waals surface area contributed by atoms with Crippen LogP contribution >= 0.6 is 0 Å². The predicted molar refractivity (Wildman–Crippen MR) is 70.1 cm³/mol. The van der Waals surface area contributed by atoms with Gasteiger partial charge in [0.05, 0.1) is 14.2 Å². The normalized spacial score (nSPS) is 9.84. The number of ether oxygens (including phenoxy) is 2. The van der Waals surface area contributed by atoms with Gasteiger partial charge in [0.15, 0.2) is 0 Å². The number of aromatic nitrogens is 1. The van der Waals surface area contributed by atoms with Crippen LogP contribution in [0.25, 0.3) is 0 Å². The first-order chi connectivity index (χ1) is 9.12. The van der Waals surface area contributed by atoms with Crippen LogP contribution in [0.15, 0.2) is 18.3 Å². The van der Waals surface area contributed by atoms with Crippen molar-refractivity contribution >= 4 is 17.6 Å². The van der Waals surface area contributed by atoms with Gasteiger partial charge in [-0.15, -0.1) is 0 Å². The second kappa shape index (κ2) is 7.35. The van der Waals surface area contributed by atoms with Crippen LogP contribution in [-0.4, -0.2) is 44.2 Å². The monoisotopic (exact) mass is 266 g/mol. The van der Waals surface area contributed by atoms with Gasteiger partial charge in [-0.05, 0) is 18.6 Å². The zero-order chi connectivity index (χ0) is 14.3. The summed E-state index contributed by atoms with van der Waals surface area (Å²) in [4.78, 5) is 28.6. The molecule has 0 aliphatic rings. The standard InChI is InChI=1S/C13H18N2O4/c1-4-7-15(9-12(16)18-2)10-5-6-14-11(8-10)13(17)19-3/h5-6,8H,4,7,9H2,1-3H3. The smallest absolute Gasteiger partial charge is 0.356 e. The number of pyridine rings is 1. The molecule has 0 saturated carbocycles. The van der Waals surface area contributed by atoms with Gasteiger partial charge in [-0.3, -0.25) is 4.79 Å². The number of hydrogen-bond donors (Lipinski definition) is 0. The highest BCUT2D eigenvalue weighted by atomic mass is 16.5. The van der Waals surface area contributed by atoms with Gasteiger partial charge in [-0.25, -0.2) is 9.78 Å². The maximum absolute atomic E-state index is 11.4. The molecule has 0 amide bonds. The third-order valence-corrected chi connectivity index (χ3v) is 2.54. The summed E-state index contributed by atoms with van der Waals surface area (Å²) in [6.07, 6.45) is 2.38. The second-order valence-corrected chi connectivity index (χ2v) is 3.89. The molecule has 1 aromatic heterocycles. The lowest BCUT2D eigenvalue weighted by molar-refractivity contribution is -0.138. The number of anilines is 1. The summed E-state index contributed by atoms with van der Waals surface area (Å²) in [7, 11) is 2.65.